The first kappa shape index (κ1) is 17.4. The second-order valence-electron chi connectivity index (χ2n) is 7.15. The van der Waals surface area contributed by atoms with E-state index < -0.39 is 12.1 Å². The lowest BCUT2D eigenvalue weighted by atomic mass is 10.1. The maximum atomic E-state index is 12.5. The molecule has 2 aromatic carbocycles. The summed E-state index contributed by atoms with van der Waals surface area (Å²) in [4.78, 5) is 24.3. The summed E-state index contributed by atoms with van der Waals surface area (Å²) < 4.78 is 5.55. The SMILES string of the molecule is CC(Nc1ccc2c(c1)NC(=O)C(C)O2)C(=O)Nc1ccc2c(c1)CCC2. The number of ether oxygens (including phenoxy) is 1. The molecule has 0 aromatic heterocycles. The van der Waals surface area contributed by atoms with Gasteiger partial charge in [0.1, 0.15) is 11.8 Å². The Bertz CT molecular complexity index is 910. The van der Waals surface area contributed by atoms with E-state index in [4.69, 9.17) is 4.74 Å². The zero-order valence-electron chi connectivity index (χ0n) is 15.5. The van der Waals surface area contributed by atoms with Crippen molar-refractivity contribution in [2.45, 2.75) is 45.3 Å². The Balaban J connectivity index is 1.41. The fourth-order valence-corrected chi connectivity index (χ4v) is 3.51. The monoisotopic (exact) mass is 365 g/mol. The number of fused-ring (bicyclic) bond motifs is 2. The van der Waals surface area contributed by atoms with Crippen molar-refractivity contribution in [2.75, 3.05) is 16.0 Å². The molecule has 0 bridgehead atoms. The van der Waals surface area contributed by atoms with E-state index in [2.05, 4.69) is 28.1 Å². The number of benzene rings is 2. The number of nitrogens with one attached hydrogen (secondary N) is 3. The van der Waals surface area contributed by atoms with Crippen LogP contribution in [0.5, 0.6) is 5.75 Å². The minimum Gasteiger partial charge on any atom is -0.479 e. The Morgan fingerprint density at radius 3 is 2.78 bits per heavy atom. The van der Waals surface area contributed by atoms with Gasteiger partial charge in [0.2, 0.25) is 5.91 Å². The molecule has 2 atom stereocenters. The highest BCUT2D eigenvalue weighted by Crippen LogP contribution is 2.32. The second kappa shape index (κ2) is 6.95. The first-order chi connectivity index (χ1) is 13.0. The van der Waals surface area contributed by atoms with Crippen molar-refractivity contribution in [2.24, 2.45) is 0 Å². The highest BCUT2D eigenvalue weighted by molar-refractivity contribution is 5.99. The van der Waals surface area contributed by atoms with Crippen LogP contribution in [0, 0.1) is 0 Å². The van der Waals surface area contributed by atoms with Crippen LogP contribution < -0.4 is 20.7 Å². The van der Waals surface area contributed by atoms with Crippen LogP contribution in [0.4, 0.5) is 17.1 Å². The average molecular weight is 365 g/mol. The fourth-order valence-electron chi connectivity index (χ4n) is 3.51. The second-order valence-corrected chi connectivity index (χ2v) is 7.15. The van der Waals surface area contributed by atoms with Crippen molar-refractivity contribution >= 4 is 28.9 Å². The lowest BCUT2D eigenvalue weighted by molar-refractivity contribution is -0.122. The van der Waals surface area contributed by atoms with E-state index in [1.807, 2.05) is 12.1 Å². The van der Waals surface area contributed by atoms with Crippen molar-refractivity contribution in [1.82, 2.24) is 0 Å². The zero-order valence-corrected chi connectivity index (χ0v) is 15.5. The van der Waals surface area contributed by atoms with Gasteiger partial charge in [-0.2, -0.15) is 0 Å². The molecule has 0 fully saturated rings. The summed E-state index contributed by atoms with van der Waals surface area (Å²) in [5.74, 6) is 0.338. The first-order valence-corrected chi connectivity index (χ1v) is 9.30. The third-order valence-electron chi connectivity index (χ3n) is 5.05. The van der Waals surface area contributed by atoms with Gasteiger partial charge >= 0.3 is 0 Å². The molecule has 140 valence electrons. The molecule has 4 rings (SSSR count). The number of hydrogen-bond donors (Lipinski definition) is 3. The van der Waals surface area contributed by atoms with E-state index in [1.54, 1.807) is 26.0 Å². The number of anilines is 3. The first-order valence-electron chi connectivity index (χ1n) is 9.30. The number of hydrogen-bond acceptors (Lipinski definition) is 4. The third kappa shape index (κ3) is 3.60. The van der Waals surface area contributed by atoms with Crippen LogP contribution in [-0.2, 0) is 22.4 Å². The molecule has 2 unspecified atom stereocenters. The zero-order chi connectivity index (χ0) is 19.0. The van der Waals surface area contributed by atoms with E-state index in [-0.39, 0.29) is 11.8 Å². The van der Waals surface area contributed by atoms with Crippen molar-refractivity contribution in [1.29, 1.82) is 0 Å². The minimum atomic E-state index is -0.506. The summed E-state index contributed by atoms with van der Waals surface area (Å²) in [6.45, 7) is 3.51. The molecule has 0 saturated carbocycles. The molecule has 2 amide bonds. The van der Waals surface area contributed by atoms with Gasteiger partial charge in [0, 0.05) is 11.4 Å². The Kier molecular flexibility index (Phi) is 4.48. The maximum Gasteiger partial charge on any atom is 0.265 e. The number of carbonyl (C=O) groups excluding carboxylic acids is 2. The molecular weight excluding hydrogens is 342 g/mol. The summed E-state index contributed by atoms with van der Waals surface area (Å²) in [5, 5.41) is 8.95. The number of aryl methyl sites for hydroxylation is 2. The van der Waals surface area contributed by atoms with Gasteiger partial charge in [-0.05, 0) is 74.6 Å². The predicted molar refractivity (Wildman–Crippen MR) is 105 cm³/mol. The van der Waals surface area contributed by atoms with Crippen molar-refractivity contribution in [3.8, 4) is 5.75 Å². The van der Waals surface area contributed by atoms with Gasteiger partial charge in [-0.15, -0.1) is 0 Å². The van der Waals surface area contributed by atoms with Gasteiger partial charge in [0.05, 0.1) is 5.69 Å². The normalized spacial score (nSPS) is 18.6. The number of rotatable bonds is 4. The van der Waals surface area contributed by atoms with Gasteiger partial charge < -0.3 is 20.7 Å². The number of amides is 2. The molecule has 6 nitrogen and oxygen atoms in total. The van der Waals surface area contributed by atoms with Gasteiger partial charge in [0.25, 0.3) is 5.91 Å². The van der Waals surface area contributed by atoms with Crippen LogP contribution in [-0.4, -0.2) is 24.0 Å². The lowest BCUT2D eigenvalue weighted by Gasteiger charge is -2.24. The molecule has 2 aliphatic rings. The Hall–Kier alpha value is -3.02. The van der Waals surface area contributed by atoms with Crippen molar-refractivity contribution in [3.05, 3.63) is 47.5 Å². The molecule has 1 heterocycles. The summed E-state index contributed by atoms with van der Waals surface area (Å²) in [6.07, 6.45) is 2.88. The Labute approximate surface area is 158 Å². The minimum absolute atomic E-state index is 0.112. The third-order valence-corrected chi connectivity index (χ3v) is 5.05. The van der Waals surface area contributed by atoms with Gasteiger partial charge in [-0.25, -0.2) is 0 Å². The van der Waals surface area contributed by atoms with E-state index in [0.717, 1.165) is 24.2 Å². The molecule has 1 aliphatic carbocycles. The predicted octanol–water partition coefficient (Wildman–Crippen LogP) is 3.33. The van der Waals surface area contributed by atoms with Gasteiger partial charge in [-0.1, -0.05) is 6.07 Å². The molecule has 6 heteroatoms. The highest BCUT2D eigenvalue weighted by Gasteiger charge is 2.24. The van der Waals surface area contributed by atoms with Gasteiger partial charge in [-0.3, -0.25) is 9.59 Å². The van der Waals surface area contributed by atoms with E-state index in [1.165, 1.54) is 17.5 Å². The molecule has 1 aliphatic heterocycles. The standard InChI is InChI=1S/C21H23N3O3/c1-12(20(25)23-16-7-6-14-4-3-5-15(14)10-16)22-17-8-9-19-18(11-17)24-21(26)13(2)27-19/h6-13,22H,3-5H2,1-2H3,(H,23,25)(H,24,26). The molecule has 0 spiro atoms. The molecule has 0 saturated heterocycles. The molecule has 2 aromatic rings. The van der Waals surface area contributed by atoms with Crippen LogP contribution >= 0.6 is 0 Å². The molecule has 3 N–H and O–H groups in total. The molecule has 27 heavy (non-hydrogen) atoms. The Morgan fingerprint density at radius 1 is 1.15 bits per heavy atom. The van der Waals surface area contributed by atoms with E-state index in [0.29, 0.717) is 11.4 Å². The van der Waals surface area contributed by atoms with Crippen LogP contribution in [0.1, 0.15) is 31.4 Å². The average Bonchev–Trinajstić information content (AvgIpc) is 3.10. The number of carbonyl (C=O) groups is 2. The van der Waals surface area contributed by atoms with Crippen LogP contribution in [0.3, 0.4) is 0 Å². The quantitative estimate of drug-likeness (QED) is 0.776. The topological polar surface area (TPSA) is 79.5 Å². The van der Waals surface area contributed by atoms with E-state index in [9.17, 15) is 9.59 Å². The summed E-state index contributed by atoms with van der Waals surface area (Å²) in [6, 6.07) is 11.1. The summed E-state index contributed by atoms with van der Waals surface area (Å²) >= 11 is 0. The van der Waals surface area contributed by atoms with Gasteiger partial charge in [0.15, 0.2) is 6.10 Å². The maximum absolute atomic E-state index is 12.5. The smallest absolute Gasteiger partial charge is 0.265 e. The van der Waals surface area contributed by atoms with Crippen molar-refractivity contribution < 1.29 is 14.3 Å². The van der Waals surface area contributed by atoms with E-state index >= 15 is 0 Å². The fraction of sp³-hybridized carbons (Fsp3) is 0.333. The lowest BCUT2D eigenvalue weighted by Crippen LogP contribution is -2.34. The summed E-state index contributed by atoms with van der Waals surface area (Å²) in [7, 11) is 0. The largest absolute Gasteiger partial charge is 0.479 e. The highest BCUT2D eigenvalue weighted by atomic mass is 16.5. The Morgan fingerprint density at radius 2 is 1.93 bits per heavy atom. The molecular formula is C21H23N3O3. The van der Waals surface area contributed by atoms with Crippen LogP contribution in [0.2, 0.25) is 0 Å². The molecule has 0 radical (unpaired) electrons. The van der Waals surface area contributed by atoms with Crippen LogP contribution in [0.15, 0.2) is 36.4 Å². The van der Waals surface area contributed by atoms with Crippen LogP contribution in [0.25, 0.3) is 0 Å². The summed E-state index contributed by atoms with van der Waals surface area (Å²) in [5.41, 5.74) is 4.88. The van der Waals surface area contributed by atoms with Crippen molar-refractivity contribution in [3.63, 3.8) is 0 Å².